The van der Waals surface area contributed by atoms with Crippen LogP contribution in [-0.2, 0) is 9.59 Å². The monoisotopic (exact) mass is 226 g/mol. The third-order valence-corrected chi connectivity index (χ3v) is 1.63. The zero-order chi connectivity index (χ0) is 12.0. The molecule has 0 saturated heterocycles. The first-order valence-electron chi connectivity index (χ1n) is 4.38. The molecule has 0 bridgehead atoms. The lowest BCUT2D eigenvalue weighted by Crippen LogP contribution is -2.38. The number of nitrogens with one attached hydrogen (secondary N) is 2. The van der Waals surface area contributed by atoms with Gasteiger partial charge in [-0.2, -0.15) is 0 Å². The number of hydrogen-bond donors (Lipinski definition) is 3. The van der Waals surface area contributed by atoms with E-state index in [1.807, 2.05) is 0 Å². The van der Waals surface area contributed by atoms with E-state index in [2.05, 4.69) is 15.1 Å². The van der Waals surface area contributed by atoms with Crippen molar-refractivity contribution in [2.45, 2.75) is 0 Å². The quantitative estimate of drug-likeness (QED) is 0.609. The highest BCUT2D eigenvalue weighted by molar-refractivity contribution is 5.96. The number of carbonyl (C=O) groups excluding carboxylic acids is 2. The Morgan fingerprint density at radius 1 is 1.25 bits per heavy atom. The second-order valence-corrected chi connectivity index (χ2v) is 2.87. The van der Waals surface area contributed by atoms with Gasteiger partial charge in [0.05, 0.1) is 18.4 Å². The fourth-order valence-electron chi connectivity index (χ4n) is 0.893. The van der Waals surface area contributed by atoms with Gasteiger partial charge in [-0.25, -0.2) is 0 Å². The van der Waals surface area contributed by atoms with Gasteiger partial charge >= 0.3 is 5.97 Å². The summed E-state index contributed by atoms with van der Waals surface area (Å²) in [5, 5.41) is 12.7. The van der Waals surface area contributed by atoms with Crippen LogP contribution in [0.2, 0.25) is 0 Å². The predicted molar refractivity (Wildman–Crippen MR) is 51.7 cm³/mol. The van der Waals surface area contributed by atoms with Crippen molar-refractivity contribution in [2.75, 3.05) is 13.1 Å². The molecule has 7 heteroatoms. The van der Waals surface area contributed by atoms with Gasteiger partial charge in [-0.05, 0) is 6.07 Å². The number of furan rings is 1. The highest BCUT2D eigenvalue weighted by Gasteiger charge is 2.09. The molecule has 1 heterocycles. The lowest BCUT2D eigenvalue weighted by atomic mass is 10.3. The molecule has 0 radical (unpaired) electrons. The Bertz CT molecular complexity index is 385. The second-order valence-electron chi connectivity index (χ2n) is 2.87. The van der Waals surface area contributed by atoms with Crippen LogP contribution >= 0.6 is 0 Å². The summed E-state index contributed by atoms with van der Waals surface area (Å²) in [5.41, 5.74) is 0.297. The highest BCUT2D eigenvalue weighted by atomic mass is 16.4. The molecular formula is C9H10N2O5. The van der Waals surface area contributed by atoms with Crippen LogP contribution in [-0.4, -0.2) is 36.0 Å². The topological polar surface area (TPSA) is 109 Å². The first-order chi connectivity index (χ1) is 7.59. The van der Waals surface area contributed by atoms with Crippen molar-refractivity contribution in [1.29, 1.82) is 0 Å². The summed E-state index contributed by atoms with van der Waals surface area (Å²) >= 11 is 0. The summed E-state index contributed by atoms with van der Waals surface area (Å²) in [6.07, 6.45) is 2.57. The molecule has 0 aliphatic rings. The van der Waals surface area contributed by atoms with Crippen LogP contribution in [0.25, 0.3) is 0 Å². The summed E-state index contributed by atoms with van der Waals surface area (Å²) in [4.78, 5) is 32.4. The number of amides is 2. The number of rotatable bonds is 5. The highest BCUT2D eigenvalue weighted by Crippen LogP contribution is 1.98. The van der Waals surface area contributed by atoms with Crippen LogP contribution in [0.4, 0.5) is 0 Å². The fraction of sp³-hybridized carbons (Fsp3) is 0.222. The van der Waals surface area contributed by atoms with Crippen molar-refractivity contribution < 1.29 is 23.9 Å². The molecule has 0 spiro atoms. The normalized spacial score (nSPS) is 9.50. The summed E-state index contributed by atoms with van der Waals surface area (Å²) in [7, 11) is 0. The number of aliphatic carboxylic acids is 1. The van der Waals surface area contributed by atoms with E-state index in [1.165, 1.54) is 18.6 Å². The van der Waals surface area contributed by atoms with Crippen LogP contribution in [0.5, 0.6) is 0 Å². The smallest absolute Gasteiger partial charge is 0.322 e. The molecule has 16 heavy (non-hydrogen) atoms. The minimum absolute atomic E-state index is 0.280. The largest absolute Gasteiger partial charge is 0.480 e. The molecule has 3 N–H and O–H groups in total. The second kappa shape index (κ2) is 5.54. The molecule has 7 nitrogen and oxygen atoms in total. The SMILES string of the molecule is O=C(O)CNC(=O)CNC(=O)c1ccoc1. The van der Waals surface area contributed by atoms with Crippen LogP contribution in [0.15, 0.2) is 23.0 Å². The van der Waals surface area contributed by atoms with Gasteiger partial charge in [0.25, 0.3) is 5.91 Å². The van der Waals surface area contributed by atoms with E-state index in [1.54, 1.807) is 0 Å². The van der Waals surface area contributed by atoms with Gasteiger partial charge in [-0.3, -0.25) is 14.4 Å². The van der Waals surface area contributed by atoms with Gasteiger partial charge in [0, 0.05) is 0 Å². The molecule has 0 aliphatic heterocycles. The van der Waals surface area contributed by atoms with Crippen molar-refractivity contribution in [3.8, 4) is 0 Å². The lowest BCUT2D eigenvalue weighted by molar-refractivity contribution is -0.137. The van der Waals surface area contributed by atoms with Gasteiger partial charge in [0.2, 0.25) is 5.91 Å². The van der Waals surface area contributed by atoms with E-state index in [4.69, 9.17) is 5.11 Å². The molecular weight excluding hydrogens is 216 g/mol. The van der Waals surface area contributed by atoms with E-state index in [-0.39, 0.29) is 6.54 Å². The van der Waals surface area contributed by atoms with Crippen molar-refractivity contribution in [2.24, 2.45) is 0 Å². The molecule has 2 amide bonds. The van der Waals surface area contributed by atoms with Crippen LogP contribution in [0.3, 0.4) is 0 Å². The lowest BCUT2D eigenvalue weighted by Gasteiger charge is -2.03. The third-order valence-electron chi connectivity index (χ3n) is 1.63. The number of carboxylic acids is 1. The zero-order valence-corrected chi connectivity index (χ0v) is 8.23. The Hall–Kier alpha value is -2.31. The predicted octanol–water partition coefficient (Wildman–Crippen LogP) is -0.790. The Kier molecular flexibility index (Phi) is 4.07. The Labute approximate surface area is 90.4 Å². The minimum atomic E-state index is -1.14. The minimum Gasteiger partial charge on any atom is -0.480 e. The van der Waals surface area contributed by atoms with Crippen LogP contribution in [0.1, 0.15) is 10.4 Å². The van der Waals surface area contributed by atoms with Gasteiger partial charge in [-0.15, -0.1) is 0 Å². The number of carbonyl (C=O) groups is 3. The maximum absolute atomic E-state index is 11.3. The van der Waals surface area contributed by atoms with Crippen molar-refractivity contribution in [3.63, 3.8) is 0 Å². The Balaban J connectivity index is 2.27. The average Bonchev–Trinajstić information content (AvgIpc) is 2.76. The molecule has 0 saturated carbocycles. The maximum Gasteiger partial charge on any atom is 0.322 e. The molecule has 0 unspecified atom stereocenters. The van der Waals surface area contributed by atoms with Crippen LogP contribution < -0.4 is 10.6 Å². The average molecular weight is 226 g/mol. The third kappa shape index (κ3) is 3.82. The van der Waals surface area contributed by atoms with E-state index in [0.717, 1.165) is 0 Å². The van der Waals surface area contributed by atoms with Gasteiger partial charge in [0.1, 0.15) is 12.8 Å². The molecule has 1 aromatic rings. The molecule has 0 aromatic carbocycles. The molecule has 1 rings (SSSR count). The number of carboxylic acid groups (broad SMARTS) is 1. The maximum atomic E-state index is 11.3. The van der Waals surface area contributed by atoms with Gasteiger partial charge < -0.3 is 20.2 Å². The van der Waals surface area contributed by atoms with Gasteiger partial charge in [0.15, 0.2) is 0 Å². The first-order valence-corrected chi connectivity index (χ1v) is 4.38. The molecule has 0 fully saturated rings. The standard InChI is InChI=1S/C9H10N2O5/c12-7(10-4-8(13)14)3-11-9(15)6-1-2-16-5-6/h1-2,5H,3-4H2,(H,10,12)(H,11,15)(H,13,14). The molecule has 0 aliphatic carbocycles. The van der Waals surface area contributed by atoms with Crippen LogP contribution in [0, 0.1) is 0 Å². The van der Waals surface area contributed by atoms with E-state index in [0.29, 0.717) is 5.56 Å². The molecule has 0 atom stereocenters. The fourth-order valence-corrected chi connectivity index (χ4v) is 0.893. The molecule has 1 aromatic heterocycles. The summed E-state index contributed by atoms with van der Waals surface area (Å²) in [5.74, 6) is -2.17. The van der Waals surface area contributed by atoms with E-state index >= 15 is 0 Å². The number of hydrogen-bond acceptors (Lipinski definition) is 4. The summed E-state index contributed by atoms with van der Waals surface area (Å²) < 4.78 is 4.68. The Morgan fingerprint density at radius 2 is 2.00 bits per heavy atom. The Morgan fingerprint density at radius 3 is 2.56 bits per heavy atom. The first kappa shape index (κ1) is 11.8. The summed E-state index contributed by atoms with van der Waals surface area (Å²) in [6, 6.07) is 1.45. The van der Waals surface area contributed by atoms with Crippen molar-refractivity contribution in [1.82, 2.24) is 10.6 Å². The molecule has 86 valence electrons. The summed E-state index contributed by atoms with van der Waals surface area (Å²) in [6.45, 7) is -0.752. The van der Waals surface area contributed by atoms with E-state index in [9.17, 15) is 14.4 Å². The van der Waals surface area contributed by atoms with E-state index < -0.39 is 24.3 Å². The zero-order valence-electron chi connectivity index (χ0n) is 8.23. The van der Waals surface area contributed by atoms with Crippen molar-refractivity contribution in [3.05, 3.63) is 24.2 Å². The van der Waals surface area contributed by atoms with Gasteiger partial charge in [-0.1, -0.05) is 0 Å². The van der Waals surface area contributed by atoms with Crippen molar-refractivity contribution >= 4 is 17.8 Å².